The summed E-state index contributed by atoms with van der Waals surface area (Å²) in [6, 6.07) is 0. The molecule has 0 spiro atoms. The maximum absolute atomic E-state index is 3.09. The summed E-state index contributed by atoms with van der Waals surface area (Å²) in [7, 11) is 3.09. The van der Waals surface area contributed by atoms with Crippen molar-refractivity contribution in [2.45, 2.75) is 71.4 Å². The Kier molecular flexibility index (Phi) is 6.20. The monoisotopic (exact) mass is 228 g/mol. The van der Waals surface area contributed by atoms with Crippen molar-refractivity contribution < 1.29 is 0 Å². The van der Waals surface area contributed by atoms with E-state index in [1.165, 1.54) is 44.9 Å². The molecule has 0 bridgehead atoms. The lowest BCUT2D eigenvalue weighted by atomic mass is 9.73. The van der Waals surface area contributed by atoms with E-state index in [4.69, 9.17) is 0 Å². The van der Waals surface area contributed by atoms with Crippen LogP contribution in [0.3, 0.4) is 0 Å². The Labute approximate surface area is 98.8 Å². The summed E-state index contributed by atoms with van der Waals surface area (Å²) in [5, 5.41) is 0. The standard InChI is InChI=1S/C14H29P/c1-4-6-12(7-5-2)13-9-8-11(3)14(15)10-13/h11-14H,4-10,15H2,1-3H3. The summed E-state index contributed by atoms with van der Waals surface area (Å²) >= 11 is 0. The molecule has 4 unspecified atom stereocenters. The molecule has 0 heterocycles. The lowest BCUT2D eigenvalue weighted by Gasteiger charge is -2.36. The maximum atomic E-state index is 3.09. The van der Waals surface area contributed by atoms with Gasteiger partial charge in [0, 0.05) is 0 Å². The minimum absolute atomic E-state index is 0.889. The first kappa shape index (κ1) is 13.5. The van der Waals surface area contributed by atoms with Crippen LogP contribution in [0.4, 0.5) is 0 Å². The minimum atomic E-state index is 0.889. The van der Waals surface area contributed by atoms with Crippen LogP contribution in [0.15, 0.2) is 0 Å². The van der Waals surface area contributed by atoms with Gasteiger partial charge in [0.25, 0.3) is 0 Å². The quantitative estimate of drug-likeness (QED) is 0.588. The molecule has 1 rings (SSSR count). The minimum Gasteiger partial charge on any atom is -0.134 e. The fourth-order valence-corrected chi connectivity index (χ4v) is 3.72. The van der Waals surface area contributed by atoms with Crippen LogP contribution >= 0.6 is 9.24 Å². The van der Waals surface area contributed by atoms with Gasteiger partial charge in [-0.1, -0.05) is 46.5 Å². The molecule has 0 nitrogen and oxygen atoms in total. The largest absolute Gasteiger partial charge is 0.134 e. The fourth-order valence-electron chi connectivity index (χ4n) is 3.18. The fraction of sp³-hybridized carbons (Fsp3) is 1.00. The third kappa shape index (κ3) is 4.06. The Balaban J connectivity index is 2.45. The zero-order valence-corrected chi connectivity index (χ0v) is 12.0. The normalized spacial score (nSPS) is 32.2. The molecule has 1 aliphatic carbocycles. The van der Waals surface area contributed by atoms with Gasteiger partial charge in [-0.15, -0.1) is 9.24 Å². The summed E-state index contributed by atoms with van der Waals surface area (Å²) in [6.07, 6.45) is 10.1. The van der Waals surface area contributed by atoms with Crippen LogP contribution in [0.5, 0.6) is 0 Å². The van der Waals surface area contributed by atoms with Crippen LogP contribution < -0.4 is 0 Å². The molecule has 0 aromatic carbocycles. The van der Waals surface area contributed by atoms with E-state index in [9.17, 15) is 0 Å². The highest BCUT2D eigenvalue weighted by Gasteiger charge is 2.29. The molecule has 0 radical (unpaired) electrons. The van der Waals surface area contributed by atoms with Crippen molar-refractivity contribution in [3.05, 3.63) is 0 Å². The van der Waals surface area contributed by atoms with Crippen molar-refractivity contribution in [3.63, 3.8) is 0 Å². The Bertz CT molecular complexity index is 161. The summed E-state index contributed by atoms with van der Waals surface area (Å²) in [5.74, 6) is 2.99. The van der Waals surface area contributed by atoms with Crippen LogP contribution in [-0.4, -0.2) is 5.66 Å². The first-order valence-electron chi connectivity index (χ1n) is 6.94. The number of hydrogen-bond acceptors (Lipinski definition) is 0. The third-order valence-electron chi connectivity index (χ3n) is 4.28. The molecule has 0 aromatic heterocycles. The molecular formula is C14H29P. The van der Waals surface area contributed by atoms with Crippen molar-refractivity contribution in [1.29, 1.82) is 0 Å². The van der Waals surface area contributed by atoms with E-state index < -0.39 is 0 Å². The van der Waals surface area contributed by atoms with Gasteiger partial charge < -0.3 is 0 Å². The lowest BCUT2D eigenvalue weighted by Crippen LogP contribution is -2.27. The van der Waals surface area contributed by atoms with Gasteiger partial charge >= 0.3 is 0 Å². The summed E-state index contributed by atoms with van der Waals surface area (Å²) in [6.45, 7) is 7.10. The van der Waals surface area contributed by atoms with Crippen molar-refractivity contribution in [1.82, 2.24) is 0 Å². The molecule has 0 aliphatic heterocycles. The molecule has 1 saturated carbocycles. The first-order chi connectivity index (χ1) is 7.19. The molecule has 1 heteroatoms. The van der Waals surface area contributed by atoms with Crippen LogP contribution in [0.25, 0.3) is 0 Å². The van der Waals surface area contributed by atoms with E-state index in [-0.39, 0.29) is 0 Å². The lowest BCUT2D eigenvalue weighted by molar-refractivity contribution is 0.197. The number of hydrogen-bond donors (Lipinski definition) is 0. The van der Waals surface area contributed by atoms with Crippen molar-refractivity contribution >= 4 is 9.24 Å². The van der Waals surface area contributed by atoms with Gasteiger partial charge in [0.2, 0.25) is 0 Å². The topological polar surface area (TPSA) is 0 Å². The Morgan fingerprint density at radius 1 is 1.13 bits per heavy atom. The van der Waals surface area contributed by atoms with E-state index in [1.807, 2.05) is 0 Å². The van der Waals surface area contributed by atoms with E-state index in [0.29, 0.717) is 0 Å². The SMILES string of the molecule is CCCC(CCC)C1CCC(C)C(P)C1. The smallest absolute Gasteiger partial charge is 0.0236 e. The van der Waals surface area contributed by atoms with Gasteiger partial charge in [0.05, 0.1) is 0 Å². The van der Waals surface area contributed by atoms with Crippen molar-refractivity contribution in [2.24, 2.45) is 17.8 Å². The van der Waals surface area contributed by atoms with Crippen molar-refractivity contribution in [2.75, 3.05) is 0 Å². The Hall–Kier alpha value is 0.430. The first-order valence-corrected chi connectivity index (χ1v) is 7.61. The molecular weight excluding hydrogens is 199 g/mol. The Morgan fingerprint density at radius 2 is 1.73 bits per heavy atom. The van der Waals surface area contributed by atoms with E-state index >= 15 is 0 Å². The highest BCUT2D eigenvalue weighted by atomic mass is 31.0. The van der Waals surface area contributed by atoms with Gasteiger partial charge in [-0.25, -0.2) is 0 Å². The molecule has 1 fully saturated rings. The highest BCUT2D eigenvalue weighted by Crippen LogP contribution is 2.40. The van der Waals surface area contributed by atoms with Gasteiger partial charge in [0.1, 0.15) is 0 Å². The molecule has 0 N–H and O–H groups in total. The van der Waals surface area contributed by atoms with Crippen LogP contribution in [0.2, 0.25) is 0 Å². The molecule has 15 heavy (non-hydrogen) atoms. The zero-order valence-electron chi connectivity index (χ0n) is 10.8. The van der Waals surface area contributed by atoms with Crippen LogP contribution in [0.1, 0.15) is 65.7 Å². The predicted molar refractivity (Wildman–Crippen MR) is 73.3 cm³/mol. The second-order valence-corrected chi connectivity index (χ2v) is 6.41. The summed E-state index contributed by atoms with van der Waals surface area (Å²) < 4.78 is 0. The molecule has 90 valence electrons. The average molecular weight is 228 g/mol. The highest BCUT2D eigenvalue weighted by molar-refractivity contribution is 7.17. The predicted octanol–water partition coefficient (Wildman–Crippen LogP) is 4.88. The molecule has 0 aromatic rings. The van der Waals surface area contributed by atoms with Gasteiger partial charge in [-0.3, -0.25) is 0 Å². The number of rotatable bonds is 5. The molecule has 0 saturated heterocycles. The molecule has 1 aliphatic rings. The van der Waals surface area contributed by atoms with Crippen LogP contribution in [-0.2, 0) is 0 Å². The molecule has 4 atom stereocenters. The maximum Gasteiger partial charge on any atom is -0.0236 e. The zero-order chi connectivity index (χ0) is 11.3. The Morgan fingerprint density at radius 3 is 2.20 bits per heavy atom. The van der Waals surface area contributed by atoms with E-state index in [1.54, 1.807) is 0 Å². The third-order valence-corrected chi connectivity index (χ3v) is 5.21. The molecule has 0 amide bonds. The van der Waals surface area contributed by atoms with Gasteiger partial charge in [-0.2, -0.15) is 0 Å². The average Bonchev–Trinajstić information content (AvgIpc) is 2.22. The van der Waals surface area contributed by atoms with Crippen LogP contribution in [0, 0.1) is 17.8 Å². The van der Waals surface area contributed by atoms with Gasteiger partial charge in [-0.05, 0) is 42.7 Å². The van der Waals surface area contributed by atoms with E-state index in [2.05, 4.69) is 30.0 Å². The summed E-state index contributed by atoms with van der Waals surface area (Å²) in [5.41, 5.74) is 0.889. The second kappa shape index (κ2) is 6.89. The van der Waals surface area contributed by atoms with Crippen molar-refractivity contribution in [3.8, 4) is 0 Å². The summed E-state index contributed by atoms with van der Waals surface area (Å²) in [4.78, 5) is 0. The van der Waals surface area contributed by atoms with E-state index in [0.717, 1.165) is 23.4 Å². The second-order valence-electron chi connectivity index (χ2n) is 5.55. The van der Waals surface area contributed by atoms with Gasteiger partial charge in [0.15, 0.2) is 0 Å².